The lowest BCUT2D eigenvalue weighted by Crippen LogP contribution is -2.20. The molecule has 8 nitrogen and oxygen atoms in total. The number of ether oxygens (including phenoxy) is 3. The van der Waals surface area contributed by atoms with Crippen LogP contribution in [0.2, 0.25) is 0 Å². The number of esters is 1. The van der Waals surface area contributed by atoms with E-state index in [1.807, 2.05) is 6.07 Å². The second kappa shape index (κ2) is 9.41. The van der Waals surface area contributed by atoms with Crippen LogP contribution in [-0.2, 0) is 9.53 Å². The number of amides is 1. The molecule has 0 fully saturated rings. The van der Waals surface area contributed by atoms with Crippen molar-refractivity contribution in [3.8, 4) is 17.2 Å². The lowest BCUT2D eigenvalue weighted by molar-refractivity contribution is -0.118. The molecule has 3 aromatic rings. The van der Waals surface area contributed by atoms with Crippen molar-refractivity contribution in [2.24, 2.45) is 0 Å². The van der Waals surface area contributed by atoms with E-state index < -0.39 is 5.97 Å². The quantitative estimate of drug-likeness (QED) is 0.590. The molecule has 0 atom stereocenters. The molecule has 0 aliphatic carbocycles. The Morgan fingerprint density at radius 2 is 1.83 bits per heavy atom. The normalized spacial score (nSPS) is 10.3. The molecule has 0 unspecified atom stereocenters. The minimum absolute atomic E-state index is 0.134. The number of anilines is 1. The van der Waals surface area contributed by atoms with E-state index in [4.69, 9.17) is 14.2 Å². The van der Waals surface area contributed by atoms with Crippen molar-refractivity contribution < 1.29 is 23.8 Å². The number of benzene rings is 2. The fourth-order valence-corrected chi connectivity index (χ4v) is 2.53. The second-order valence-electron chi connectivity index (χ2n) is 5.93. The van der Waals surface area contributed by atoms with E-state index in [1.54, 1.807) is 68.8 Å². The summed E-state index contributed by atoms with van der Waals surface area (Å²) < 4.78 is 17.0. The predicted octanol–water partition coefficient (Wildman–Crippen LogP) is 3.08. The first-order chi connectivity index (χ1) is 14.1. The number of hydrogen-bond donors (Lipinski definition) is 1. The van der Waals surface area contributed by atoms with Gasteiger partial charge in [-0.15, -0.1) is 0 Å². The highest BCUT2D eigenvalue weighted by atomic mass is 16.5. The first-order valence-corrected chi connectivity index (χ1v) is 8.99. The zero-order valence-corrected chi connectivity index (χ0v) is 16.1. The van der Waals surface area contributed by atoms with Gasteiger partial charge in [0.2, 0.25) is 0 Å². The molecule has 1 N–H and O–H groups in total. The van der Waals surface area contributed by atoms with Crippen LogP contribution in [0.25, 0.3) is 5.69 Å². The first-order valence-electron chi connectivity index (χ1n) is 8.99. The summed E-state index contributed by atoms with van der Waals surface area (Å²) in [6.45, 7) is 1.89. The van der Waals surface area contributed by atoms with Crippen LogP contribution >= 0.6 is 0 Å². The van der Waals surface area contributed by atoms with Crippen molar-refractivity contribution in [1.82, 2.24) is 9.78 Å². The van der Waals surface area contributed by atoms with Crippen LogP contribution in [0.4, 0.5) is 5.69 Å². The van der Waals surface area contributed by atoms with E-state index in [9.17, 15) is 9.59 Å². The van der Waals surface area contributed by atoms with Gasteiger partial charge in [0.15, 0.2) is 12.3 Å². The molecular weight excluding hydrogens is 374 g/mol. The zero-order valence-electron chi connectivity index (χ0n) is 16.1. The SMILES string of the molecule is CCOC(=O)c1ccn(-c2cccc(NC(=O)COc3ccc(OC)cc3)c2)n1. The number of nitrogens with zero attached hydrogens (tertiary/aromatic N) is 2. The maximum Gasteiger partial charge on any atom is 0.358 e. The van der Waals surface area contributed by atoms with E-state index in [0.29, 0.717) is 22.9 Å². The number of hydrogen-bond acceptors (Lipinski definition) is 6. The summed E-state index contributed by atoms with van der Waals surface area (Å²) in [4.78, 5) is 23.9. The third kappa shape index (κ3) is 5.35. The number of carbonyl (C=O) groups is 2. The average Bonchev–Trinajstić information content (AvgIpc) is 3.23. The Morgan fingerprint density at radius 1 is 1.07 bits per heavy atom. The summed E-state index contributed by atoms with van der Waals surface area (Å²) in [5.41, 5.74) is 1.49. The minimum Gasteiger partial charge on any atom is -0.497 e. The highest BCUT2D eigenvalue weighted by molar-refractivity contribution is 5.92. The molecule has 0 aliphatic rings. The topological polar surface area (TPSA) is 91.7 Å². The van der Waals surface area contributed by atoms with E-state index in [2.05, 4.69) is 10.4 Å². The fraction of sp³-hybridized carbons (Fsp3) is 0.190. The van der Waals surface area contributed by atoms with Crippen LogP contribution in [0.3, 0.4) is 0 Å². The van der Waals surface area contributed by atoms with Gasteiger partial charge in [-0.05, 0) is 55.5 Å². The maximum absolute atomic E-state index is 12.2. The molecule has 8 heteroatoms. The second-order valence-corrected chi connectivity index (χ2v) is 5.93. The third-order valence-corrected chi connectivity index (χ3v) is 3.90. The Balaban J connectivity index is 1.60. The van der Waals surface area contributed by atoms with Crippen molar-refractivity contribution in [2.45, 2.75) is 6.92 Å². The molecule has 0 radical (unpaired) electrons. The largest absolute Gasteiger partial charge is 0.497 e. The van der Waals surface area contributed by atoms with Crippen molar-refractivity contribution in [3.05, 3.63) is 66.5 Å². The highest BCUT2D eigenvalue weighted by Gasteiger charge is 2.11. The van der Waals surface area contributed by atoms with Gasteiger partial charge in [-0.2, -0.15) is 5.10 Å². The Labute approximate surface area is 168 Å². The monoisotopic (exact) mass is 395 g/mol. The lowest BCUT2D eigenvalue weighted by Gasteiger charge is -2.09. The van der Waals surface area contributed by atoms with Gasteiger partial charge in [0, 0.05) is 11.9 Å². The number of carbonyl (C=O) groups excluding carboxylic acids is 2. The molecule has 1 amide bonds. The molecule has 2 aromatic carbocycles. The average molecular weight is 395 g/mol. The number of methoxy groups -OCH3 is 1. The van der Waals surface area contributed by atoms with Crippen molar-refractivity contribution >= 4 is 17.6 Å². The molecule has 0 saturated heterocycles. The molecule has 1 heterocycles. The van der Waals surface area contributed by atoms with E-state index in [1.165, 1.54) is 4.68 Å². The summed E-state index contributed by atoms with van der Waals surface area (Å²) >= 11 is 0. The first kappa shape index (κ1) is 19.9. The summed E-state index contributed by atoms with van der Waals surface area (Å²) in [6, 6.07) is 15.6. The Hall–Kier alpha value is -3.81. The Bertz CT molecular complexity index is 982. The van der Waals surface area contributed by atoms with Gasteiger partial charge < -0.3 is 19.5 Å². The molecule has 1 aromatic heterocycles. The highest BCUT2D eigenvalue weighted by Crippen LogP contribution is 2.18. The van der Waals surface area contributed by atoms with Gasteiger partial charge in [0.25, 0.3) is 5.91 Å². The van der Waals surface area contributed by atoms with E-state index in [-0.39, 0.29) is 24.8 Å². The number of rotatable bonds is 8. The predicted molar refractivity (Wildman–Crippen MR) is 107 cm³/mol. The van der Waals surface area contributed by atoms with Gasteiger partial charge in [0.05, 0.1) is 19.4 Å². The van der Waals surface area contributed by atoms with Crippen LogP contribution < -0.4 is 14.8 Å². The van der Waals surface area contributed by atoms with Crippen LogP contribution in [0, 0.1) is 0 Å². The van der Waals surface area contributed by atoms with Gasteiger partial charge in [-0.25, -0.2) is 9.48 Å². The van der Waals surface area contributed by atoms with Gasteiger partial charge >= 0.3 is 5.97 Å². The number of aromatic nitrogens is 2. The van der Waals surface area contributed by atoms with Crippen molar-refractivity contribution in [1.29, 1.82) is 0 Å². The molecule has 0 bridgehead atoms. The van der Waals surface area contributed by atoms with Crippen molar-refractivity contribution in [3.63, 3.8) is 0 Å². The summed E-state index contributed by atoms with van der Waals surface area (Å²) in [7, 11) is 1.58. The molecule has 3 rings (SSSR count). The van der Waals surface area contributed by atoms with E-state index >= 15 is 0 Å². The Morgan fingerprint density at radius 3 is 2.55 bits per heavy atom. The van der Waals surface area contributed by atoms with Gasteiger partial charge in [0.1, 0.15) is 11.5 Å². The molecule has 0 aliphatic heterocycles. The summed E-state index contributed by atoms with van der Waals surface area (Å²) in [6.07, 6.45) is 1.65. The number of nitrogens with one attached hydrogen (secondary N) is 1. The smallest absolute Gasteiger partial charge is 0.358 e. The van der Waals surface area contributed by atoms with E-state index in [0.717, 1.165) is 0 Å². The minimum atomic E-state index is -0.480. The van der Waals surface area contributed by atoms with Gasteiger partial charge in [-0.3, -0.25) is 4.79 Å². The van der Waals surface area contributed by atoms with Crippen LogP contribution in [0.5, 0.6) is 11.5 Å². The molecule has 0 saturated carbocycles. The summed E-state index contributed by atoms with van der Waals surface area (Å²) in [5, 5.41) is 6.98. The lowest BCUT2D eigenvalue weighted by atomic mass is 10.2. The van der Waals surface area contributed by atoms with Gasteiger partial charge in [-0.1, -0.05) is 6.07 Å². The molecular formula is C21H21N3O5. The molecule has 29 heavy (non-hydrogen) atoms. The van der Waals surface area contributed by atoms with Crippen molar-refractivity contribution in [2.75, 3.05) is 25.6 Å². The molecule has 150 valence electrons. The zero-order chi connectivity index (χ0) is 20.6. The maximum atomic E-state index is 12.2. The fourth-order valence-electron chi connectivity index (χ4n) is 2.53. The summed E-state index contributed by atoms with van der Waals surface area (Å²) in [5.74, 6) is 0.498. The Kier molecular flexibility index (Phi) is 6.47. The third-order valence-electron chi connectivity index (χ3n) is 3.90. The molecule has 0 spiro atoms. The standard InChI is InChI=1S/C21H21N3O5/c1-3-28-21(26)19-11-12-24(23-19)16-6-4-5-15(13-16)22-20(25)14-29-18-9-7-17(27-2)8-10-18/h4-13H,3,14H2,1-2H3,(H,22,25). The van der Waals surface area contributed by atoms with Crippen LogP contribution in [0.1, 0.15) is 17.4 Å². The van der Waals surface area contributed by atoms with Crippen LogP contribution in [0.15, 0.2) is 60.8 Å². The van der Waals surface area contributed by atoms with Crippen LogP contribution in [-0.4, -0.2) is 42.0 Å².